The second-order valence-electron chi connectivity index (χ2n) is 9.21. The van der Waals surface area contributed by atoms with Crippen molar-refractivity contribution in [3.63, 3.8) is 0 Å². The summed E-state index contributed by atoms with van der Waals surface area (Å²) in [6.07, 6.45) is 1.73. The van der Waals surface area contributed by atoms with Gasteiger partial charge in [0, 0.05) is 37.3 Å². The predicted molar refractivity (Wildman–Crippen MR) is 122 cm³/mol. The minimum Gasteiger partial charge on any atom is -0.475 e. The highest BCUT2D eigenvalue weighted by Gasteiger charge is 2.49. The smallest absolute Gasteiger partial charge is 0.475 e. The van der Waals surface area contributed by atoms with Gasteiger partial charge in [-0.1, -0.05) is 6.92 Å². The molecule has 4 N–H and O–H groups in total. The summed E-state index contributed by atoms with van der Waals surface area (Å²) in [5.74, 6) is -2.99. The van der Waals surface area contributed by atoms with Crippen molar-refractivity contribution in [1.29, 1.82) is 0 Å². The third-order valence-corrected chi connectivity index (χ3v) is 8.83. The summed E-state index contributed by atoms with van der Waals surface area (Å²) in [6.45, 7) is 2.99. The number of carboxylic acid groups (broad SMARTS) is 1. The monoisotopic (exact) mass is 536 g/mol. The van der Waals surface area contributed by atoms with Crippen molar-refractivity contribution >= 4 is 22.1 Å². The number of alkyl halides is 3. The minimum atomic E-state index is -5.08. The molecule has 3 saturated heterocycles. The van der Waals surface area contributed by atoms with Gasteiger partial charge in [-0.15, -0.1) is 5.10 Å². The number of carboxylic acids is 1. The molecule has 3 atom stereocenters. The van der Waals surface area contributed by atoms with Gasteiger partial charge in [-0.25, -0.2) is 4.79 Å². The molecule has 3 aliphatic rings. The Kier molecular flexibility index (Phi) is 8.90. The van der Waals surface area contributed by atoms with Crippen LogP contribution in [0.1, 0.15) is 61.5 Å². The molecule has 0 saturated carbocycles. The van der Waals surface area contributed by atoms with Crippen molar-refractivity contribution in [2.24, 2.45) is 5.73 Å². The molecular weight excluding hydrogens is 505 g/mol. The molecule has 15 heteroatoms. The van der Waals surface area contributed by atoms with E-state index in [1.807, 2.05) is 6.92 Å². The number of halogens is 3. The maximum absolute atomic E-state index is 13.2. The van der Waals surface area contributed by atoms with Crippen molar-refractivity contribution in [3.05, 3.63) is 23.5 Å². The fourth-order valence-electron chi connectivity index (χ4n) is 4.84. The third kappa shape index (κ3) is 6.69. The molecule has 11 nitrogen and oxygen atoms in total. The Hall–Kier alpha value is -2.36. The van der Waals surface area contributed by atoms with E-state index < -0.39 is 22.4 Å². The number of hydrogen-bond donors (Lipinski definition) is 3. The van der Waals surface area contributed by atoms with E-state index in [-0.39, 0.29) is 30.1 Å². The molecule has 4 rings (SSSR count). The summed E-state index contributed by atoms with van der Waals surface area (Å²) in [5, 5.41) is 18.0. The molecule has 1 unspecified atom stereocenters. The van der Waals surface area contributed by atoms with Crippen molar-refractivity contribution in [1.82, 2.24) is 24.1 Å². The highest BCUT2D eigenvalue weighted by molar-refractivity contribution is 7.86. The first-order valence-electron chi connectivity index (χ1n) is 11.8. The summed E-state index contributed by atoms with van der Waals surface area (Å²) in [4.78, 5) is 21.5. The standard InChI is InChI=1S/C19H30N6O3S.C2HF3O2/c1-2-13-9-18(23-21-12-13)19(26)22-15-10-16-3-4-17(11-15)25(16)29(27,28)24-7-5-14(20)6-8-24;3-2(4,5)1(6)7/h9,12,14-17H,2-8,10-11,20H2,1H3,(H,22,26);(H,6,7)/t15?,16-,17+;. The van der Waals surface area contributed by atoms with Crippen LogP contribution in [0.4, 0.5) is 13.2 Å². The van der Waals surface area contributed by atoms with E-state index in [1.54, 1.807) is 20.9 Å². The van der Waals surface area contributed by atoms with Crippen LogP contribution in [0.5, 0.6) is 0 Å². The van der Waals surface area contributed by atoms with Crippen LogP contribution in [0.3, 0.4) is 0 Å². The SMILES string of the molecule is CCc1cnnc(C(=O)NC2C[C@H]3CC[C@@H](C2)N3S(=O)(=O)N2CCC(N)CC2)c1.O=C(O)C(F)(F)F. The molecule has 1 amide bonds. The molecule has 0 spiro atoms. The van der Waals surface area contributed by atoms with Crippen molar-refractivity contribution in [2.75, 3.05) is 13.1 Å². The van der Waals surface area contributed by atoms with Crippen LogP contribution >= 0.6 is 0 Å². The highest BCUT2D eigenvalue weighted by Crippen LogP contribution is 2.39. The zero-order valence-electron chi connectivity index (χ0n) is 19.8. The quantitative estimate of drug-likeness (QED) is 0.504. The average molecular weight is 537 g/mol. The van der Waals surface area contributed by atoms with Crippen molar-refractivity contribution in [2.45, 2.75) is 82.2 Å². The zero-order chi connectivity index (χ0) is 26.7. The Morgan fingerprint density at radius 3 is 2.22 bits per heavy atom. The number of nitrogens with one attached hydrogen (secondary N) is 1. The normalized spacial score (nSPS) is 25.6. The van der Waals surface area contributed by atoms with Crippen molar-refractivity contribution < 1.29 is 36.3 Å². The van der Waals surface area contributed by atoms with E-state index >= 15 is 0 Å². The predicted octanol–water partition coefficient (Wildman–Crippen LogP) is 1.07. The Labute approximate surface area is 207 Å². The van der Waals surface area contributed by atoms with Crippen LogP contribution in [0.15, 0.2) is 12.3 Å². The summed E-state index contributed by atoms with van der Waals surface area (Å²) < 4.78 is 61.5. The minimum absolute atomic E-state index is 0.0479. The molecule has 2 bridgehead atoms. The number of aliphatic carboxylic acids is 1. The lowest BCUT2D eigenvalue weighted by atomic mass is 9.99. The first kappa shape index (κ1) is 28.2. The number of nitrogens with two attached hydrogens (primary N) is 1. The van der Waals surface area contributed by atoms with E-state index in [1.165, 1.54) is 0 Å². The molecule has 202 valence electrons. The molecule has 36 heavy (non-hydrogen) atoms. The van der Waals surface area contributed by atoms with Gasteiger partial charge in [-0.2, -0.15) is 35.3 Å². The fraction of sp³-hybridized carbons (Fsp3) is 0.714. The molecule has 4 heterocycles. The number of carbonyl (C=O) groups is 2. The lowest BCUT2D eigenvalue weighted by Crippen LogP contribution is -2.57. The molecule has 1 aromatic rings. The van der Waals surface area contributed by atoms with Crippen LogP contribution in [0.2, 0.25) is 0 Å². The van der Waals surface area contributed by atoms with Gasteiger partial charge in [0.15, 0.2) is 5.69 Å². The fourth-order valence-corrected chi connectivity index (χ4v) is 6.91. The first-order chi connectivity index (χ1) is 16.8. The van der Waals surface area contributed by atoms with Crippen LogP contribution in [0.25, 0.3) is 0 Å². The van der Waals surface area contributed by atoms with Gasteiger partial charge in [0.25, 0.3) is 16.1 Å². The number of piperidine rings is 2. The van der Waals surface area contributed by atoms with E-state index in [9.17, 15) is 26.4 Å². The van der Waals surface area contributed by atoms with E-state index in [0.29, 0.717) is 44.5 Å². The van der Waals surface area contributed by atoms with E-state index in [2.05, 4.69) is 15.5 Å². The maximum atomic E-state index is 13.2. The second kappa shape index (κ2) is 11.4. The second-order valence-corrected chi connectivity index (χ2v) is 11.0. The molecule has 3 fully saturated rings. The van der Waals surface area contributed by atoms with E-state index in [4.69, 9.17) is 15.6 Å². The first-order valence-corrected chi connectivity index (χ1v) is 13.2. The number of aromatic nitrogens is 2. The topological polar surface area (TPSA) is 159 Å². The Morgan fingerprint density at radius 2 is 1.72 bits per heavy atom. The van der Waals surface area contributed by atoms with Gasteiger partial charge < -0.3 is 16.2 Å². The molecule has 1 aromatic heterocycles. The number of rotatable bonds is 5. The summed E-state index contributed by atoms with van der Waals surface area (Å²) in [7, 11) is -3.48. The Morgan fingerprint density at radius 1 is 1.17 bits per heavy atom. The molecule has 0 aliphatic carbocycles. The van der Waals surface area contributed by atoms with Crippen LogP contribution in [0, 0.1) is 0 Å². The average Bonchev–Trinajstić information content (AvgIpc) is 3.11. The molecule has 0 radical (unpaired) electrons. The highest BCUT2D eigenvalue weighted by atomic mass is 32.2. The van der Waals surface area contributed by atoms with Crippen molar-refractivity contribution in [3.8, 4) is 0 Å². The molecule has 0 aromatic carbocycles. The van der Waals surface area contributed by atoms with Gasteiger partial charge in [0.1, 0.15) is 0 Å². The Balaban J connectivity index is 0.000000454. The zero-order valence-corrected chi connectivity index (χ0v) is 20.6. The van der Waals surface area contributed by atoms with Gasteiger partial charge >= 0.3 is 12.1 Å². The van der Waals surface area contributed by atoms with Gasteiger partial charge in [0.05, 0.1) is 6.20 Å². The van der Waals surface area contributed by atoms with Gasteiger partial charge in [-0.3, -0.25) is 4.79 Å². The number of nitrogens with zero attached hydrogens (tertiary/aromatic N) is 4. The largest absolute Gasteiger partial charge is 0.490 e. The Bertz CT molecular complexity index is 1030. The lowest BCUT2D eigenvalue weighted by Gasteiger charge is -2.41. The number of amides is 1. The van der Waals surface area contributed by atoms with Crippen LogP contribution < -0.4 is 11.1 Å². The van der Waals surface area contributed by atoms with Crippen LogP contribution in [-0.2, 0) is 21.4 Å². The number of fused-ring (bicyclic) bond motifs is 2. The third-order valence-electron chi connectivity index (χ3n) is 6.69. The number of carbonyl (C=O) groups excluding carboxylic acids is 1. The molecule has 3 aliphatic heterocycles. The molecular formula is C21H31F3N6O5S. The maximum Gasteiger partial charge on any atom is 0.490 e. The number of hydrogen-bond acceptors (Lipinski definition) is 7. The summed E-state index contributed by atoms with van der Waals surface area (Å²) >= 11 is 0. The summed E-state index contributed by atoms with van der Waals surface area (Å²) in [5.41, 5.74) is 7.21. The lowest BCUT2D eigenvalue weighted by molar-refractivity contribution is -0.192. The van der Waals surface area contributed by atoms with Gasteiger partial charge in [-0.05, 0) is 56.6 Å². The van der Waals surface area contributed by atoms with E-state index in [0.717, 1.165) is 24.8 Å². The summed E-state index contributed by atoms with van der Waals surface area (Å²) in [6, 6.07) is 1.68. The van der Waals surface area contributed by atoms with Crippen LogP contribution in [-0.4, -0.2) is 87.6 Å². The van der Waals surface area contributed by atoms with Gasteiger partial charge in [0.2, 0.25) is 0 Å². The number of aryl methyl sites for hydroxylation is 1.